The van der Waals surface area contributed by atoms with Crippen molar-refractivity contribution in [2.75, 3.05) is 5.32 Å². The van der Waals surface area contributed by atoms with E-state index in [0.29, 0.717) is 16.6 Å². The summed E-state index contributed by atoms with van der Waals surface area (Å²) in [6.45, 7) is 0. The molecule has 0 unspecified atom stereocenters. The van der Waals surface area contributed by atoms with Gasteiger partial charge in [0.25, 0.3) is 5.91 Å². The summed E-state index contributed by atoms with van der Waals surface area (Å²) < 4.78 is 0. The molecule has 2 aromatic carbocycles. The number of thiazole rings is 1. The number of carbonyl (C=O) groups excluding carboxylic acids is 1. The molecule has 1 heterocycles. The number of halogens is 1. The van der Waals surface area contributed by atoms with Gasteiger partial charge in [-0.1, -0.05) is 54.1 Å². The van der Waals surface area contributed by atoms with Crippen LogP contribution in [0.4, 0.5) is 5.13 Å². The third-order valence-electron chi connectivity index (χ3n) is 3.52. The van der Waals surface area contributed by atoms with Crippen LogP contribution >= 0.6 is 22.9 Å². The zero-order valence-corrected chi connectivity index (χ0v) is 15.2. The van der Waals surface area contributed by atoms with Crippen molar-refractivity contribution in [2.45, 2.75) is 6.42 Å². The summed E-state index contributed by atoms with van der Waals surface area (Å²) in [5.74, 6) is -0.472. The molecule has 0 spiro atoms. The molecule has 0 aliphatic heterocycles. The van der Waals surface area contributed by atoms with Crippen LogP contribution in [0.5, 0.6) is 0 Å². The van der Waals surface area contributed by atoms with Crippen LogP contribution in [0.15, 0.2) is 66.4 Å². The first-order valence-corrected chi connectivity index (χ1v) is 9.01. The third kappa shape index (κ3) is 4.79. The number of hydrogen-bond donors (Lipinski definition) is 1. The fraction of sp³-hybridized carbons (Fsp3) is 0.0500. The average Bonchev–Trinajstić information content (AvgIpc) is 3.07. The molecule has 1 aromatic heterocycles. The minimum Gasteiger partial charge on any atom is -0.297 e. The number of nitrogens with zero attached hydrogens (tertiary/aromatic N) is 2. The number of anilines is 1. The molecule has 1 amide bonds. The van der Waals surface area contributed by atoms with E-state index in [0.717, 1.165) is 16.0 Å². The zero-order valence-electron chi connectivity index (χ0n) is 13.6. The maximum Gasteiger partial charge on any atom is 0.268 e. The van der Waals surface area contributed by atoms with E-state index in [1.54, 1.807) is 12.3 Å². The van der Waals surface area contributed by atoms with Gasteiger partial charge in [-0.25, -0.2) is 4.98 Å². The summed E-state index contributed by atoms with van der Waals surface area (Å²) in [5, 5.41) is 13.1. The van der Waals surface area contributed by atoms with Crippen LogP contribution in [0.25, 0.3) is 6.08 Å². The fourth-order valence-electron chi connectivity index (χ4n) is 2.32. The van der Waals surface area contributed by atoms with E-state index in [1.165, 1.54) is 11.3 Å². The van der Waals surface area contributed by atoms with Gasteiger partial charge >= 0.3 is 0 Å². The van der Waals surface area contributed by atoms with Crippen molar-refractivity contribution in [3.63, 3.8) is 0 Å². The Kier molecular flexibility index (Phi) is 5.80. The fourth-order valence-corrected chi connectivity index (χ4v) is 3.38. The molecular weight excluding hydrogens is 366 g/mol. The number of nitriles is 1. The molecule has 0 bridgehead atoms. The van der Waals surface area contributed by atoms with Gasteiger partial charge in [-0.05, 0) is 29.3 Å². The lowest BCUT2D eigenvalue weighted by Crippen LogP contribution is -2.13. The van der Waals surface area contributed by atoms with E-state index in [9.17, 15) is 10.1 Å². The summed E-state index contributed by atoms with van der Waals surface area (Å²) in [7, 11) is 0. The summed E-state index contributed by atoms with van der Waals surface area (Å²) in [4.78, 5) is 17.5. The summed E-state index contributed by atoms with van der Waals surface area (Å²) in [6.07, 6.45) is 3.95. The summed E-state index contributed by atoms with van der Waals surface area (Å²) in [6, 6.07) is 18.8. The van der Waals surface area contributed by atoms with Crippen molar-refractivity contribution in [1.29, 1.82) is 5.26 Å². The van der Waals surface area contributed by atoms with Gasteiger partial charge in [0.15, 0.2) is 5.13 Å². The number of carbonyl (C=O) groups is 1. The number of benzene rings is 2. The van der Waals surface area contributed by atoms with E-state index < -0.39 is 5.91 Å². The second-order valence-electron chi connectivity index (χ2n) is 5.47. The molecule has 0 atom stereocenters. The maximum atomic E-state index is 12.3. The number of aromatic nitrogens is 1. The SMILES string of the molecule is N#CC(=Cc1ccccc1)C(=O)Nc1ncc(Cc2cccc(Cl)c2)s1. The van der Waals surface area contributed by atoms with Gasteiger partial charge in [0.2, 0.25) is 0 Å². The van der Waals surface area contributed by atoms with Gasteiger partial charge in [0.1, 0.15) is 11.6 Å². The van der Waals surface area contributed by atoms with E-state index >= 15 is 0 Å². The lowest BCUT2D eigenvalue weighted by Gasteiger charge is -2.00. The zero-order chi connectivity index (χ0) is 18.4. The molecule has 3 rings (SSSR count). The van der Waals surface area contributed by atoms with Crippen LogP contribution in [0, 0.1) is 11.3 Å². The smallest absolute Gasteiger partial charge is 0.268 e. The molecular formula is C20H14ClN3OS. The lowest BCUT2D eigenvalue weighted by atomic mass is 10.1. The Hall–Kier alpha value is -2.94. The Bertz CT molecular complexity index is 990. The Morgan fingerprint density at radius 1 is 1.23 bits per heavy atom. The van der Waals surface area contributed by atoms with Crippen LogP contribution in [-0.2, 0) is 11.2 Å². The standard InChI is InChI=1S/C20H14ClN3OS/c21-17-8-4-7-15(10-17)11-18-13-23-20(26-18)24-19(25)16(12-22)9-14-5-2-1-3-6-14/h1-10,13H,11H2,(H,23,24,25). The molecule has 0 aliphatic rings. The van der Waals surface area contributed by atoms with Gasteiger partial charge < -0.3 is 0 Å². The first-order chi connectivity index (χ1) is 12.6. The average molecular weight is 380 g/mol. The highest BCUT2D eigenvalue weighted by Crippen LogP contribution is 2.23. The molecule has 0 saturated heterocycles. The molecule has 26 heavy (non-hydrogen) atoms. The van der Waals surface area contributed by atoms with Crippen molar-refractivity contribution in [1.82, 2.24) is 4.98 Å². The predicted molar refractivity (Wildman–Crippen MR) is 105 cm³/mol. The van der Waals surface area contributed by atoms with Crippen molar-refractivity contribution in [3.05, 3.63) is 87.4 Å². The second-order valence-corrected chi connectivity index (χ2v) is 7.02. The number of hydrogen-bond acceptors (Lipinski definition) is 4. The van der Waals surface area contributed by atoms with Crippen LogP contribution in [0.3, 0.4) is 0 Å². The quantitative estimate of drug-likeness (QED) is 0.504. The summed E-state index contributed by atoms with van der Waals surface area (Å²) >= 11 is 7.37. The molecule has 0 radical (unpaired) electrons. The third-order valence-corrected chi connectivity index (χ3v) is 4.66. The highest BCUT2D eigenvalue weighted by molar-refractivity contribution is 7.15. The minimum atomic E-state index is -0.472. The lowest BCUT2D eigenvalue weighted by molar-refractivity contribution is -0.112. The molecule has 1 N–H and O–H groups in total. The molecule has 3 aromatic rings. The Morgan fingerprint density at radius 3 is 2.77 bits per heavy atom. The van der Waals surface area contributed by atoms with Gasteiger partial charge in [-0.15, -0.1) is 11.3 Å². The Balaban J connectivity index is 1.69. The van der Waals surface area contributed by atoms with Crippen LogP contribution in [0.1, 0.15) is 16.0 Å². The highest BCUT2D eigenvalue weighted by Gasteiger charge is 2.12. The molecule has 128 valence electrons. The summed E-state index contributed by atoms with van der Waals surface area (Å²) in [5.41, 5.74) is 1.89. The Labute approximate surface area is 160 Å². The molecule has 6 heteroatoms. The van der Waals surface area contributed by atoms with E-state index in [4.69, 9.17) is 11.6 Å². The van der Waals surface area contributed by atoms with Gasteiger partial charge in [-0.2, -0.15) is 5.26 Å². The second kappa shape index (κ2) is 8.43. The maximum absolute atomic E-state index is 12.3. The number of rotatable bonds is 5. The topological polar surface area (TPSA) is 65.8 Å². The minimum absolute atomic E-state index is 0.0304. The van der Waals surface area contributed by atoms with Crippen LogP contribution < -0.4 is 5.32 Å². The van der Waals surface area contributed by atoms with Crippen molar-refractivity contribution >= 4 is 40.1 Å². The molecule has 0 fully saturated rings. The molecule has 0 aliphatic carbocycles. The number of amides is 1. The van der Waals surface area contributed by atoms with Crippen LogP contribution in [0.2, 0.25) is 5.02 Å². The van der Waals surface area contributed by atoms with E-state index in [-0.39, 0.29) is 5.57 Å². The first kappa shape index (κ1) is 17.9. The van der Waals surface area contributed by atoms with Crippen molar-refractivity contribution in [2.24, 2.45) is 0 Å². The Morgan fingerprint density at radius 2 is 2.04 bits per heavy atom. The monoisotopic (exact) mass is 379 g/mol. The van der Waals surface area contributed by atoms with Gasteiger partial charge in [-0.3, -0.25) is 10.1 Å². The first-order valence-electron chi connectivity index (χ1n) is 7.81. The van der Waals surface area contributed by atoms with Gasteiger partial charge in [0, 0.05) is 22.5 Å². The van der Waals surface area contributed by atoms with E-state index in [2.05, 4.69) is 10.3 Å². The molecule has 0 saturated carbocycles. The van der Waals surface area contributed by atoms with E-state index in [1.807, 2.05) is 60.7 Å². The van der Waals surface area contributed by atoms with Crippen molar-refractivity contribution in [3.8, 4) is 6.07 Å². The number of nitrogens with one attached hydrogen (secondary N) is 1. The van der Waals surface area contributed by atoms with Crippen LogP contribution in [-0.4, -0.2) is 10.9 Å². The largest absolute Gasteiger partial charge is 0.297 e. The van der Waals surface area contributed by atoms with Crippen molar-refractivity contribution < 1.29 is 4.79 Å². The highest BCUT2D eigenvalue weighted by atomic mass is 35.5. The normalized spacial score (nSPS) is 11.0. The molecule has 4 nitrogen and oxygen atoms in total. The van der Waals surface area contributed by atoms with Gasteiger partial charge in [0.05, 0.1) is 0 Å². The predicted octanol–water partition coefficient (Wildman–Crippen LogP) is 4.93.